The van der Waals surface area contributed by atoms with Crippen molar-refractivity contribution in [2.75, 3.05) is 11.9 Å². The van der Waals surface area contributed by atoms with Crippen molar-refractivity contribution in [2.24, 2.45) is 0 Å². The second-order valence-corrected chi connectivity index (χ2v) is 7.23. The molecule has 0 spiro atoms. The smallest absolute Gasteiger partial charge is 0.240 e. The van der Waals surface area contributed by atoms with Gasteiger partial charge in [0, 0.05) is 17.3 Å². The molecule has 7 nitrogen and oxygen atoms in total. The molecule has 2 heterocycles. The van der Waals surface area contributed by atoms with Gasteiger partial charge in [-0.2, -0.15) is 5.10 Å². The average Bonchev–Trinajstić information content (AvgIpc) is 3.12. The van der Waals surface area contributed by atoms with E-state index >= 15 is 0 Å². The van der Waals surface area contributed by atoms with Gasteiger partial charge >= 0.3 is 0 Å². The number of anilines is 1. The van der Waals surface area contributed by atoms with Crippen LogP contribution in [0.1, 0.15) is 52.2 Å². The highest BCUT2D eigenvalue weighted by Crippen LogP contribution is 2.26. The molecule has 126 valence electrons. The lowest BCUT2D eigenvalue weighted by Gasteiger charge is -2.14. The molecule has 0 aliphatic rings. The molecular weight excluding hydrogens is 312 g/mol. The van der Waals surface area contributed by atoms with E-state index in [0.717, 1.165) is 18.1 Å². The van der Waals surface area contributed by atoms with Crippen molar-refractivity contribution in [2.45, 2.75) is 52.6 Å². The number of carbonyl (C=O) groups excluding carboxylic acids is 1. The van der Waals surface area contributed by atoms with Crippen LogP contribution >= 0.6 is 11.3 Å². The van der Waals surface area contributed by atoms with E-state index in [2.05, 4.69) is 46.5 Å². The fourth-order valence-corrected chi connectivity index (χ4v) is 2.98. The summed E-state index contributed by atoms with van der Waals surface area (Å²) in [6.07, 6.45) is 1.53. The van der Waals surface area contributed by atoms with Crippen LogP contribution in [0.25, 0.3) is 0 Å². The highest BCUT2D eigenvalue weighted by Gasteiger charge is 2.18. The van der Waals surface area contributed by atoms with Gasteiger partial charge in [-0.25, -0.2) is 14.6 Å². The Bertz CT molecular complexity index is 657. The van der Waals surface area contributed by atoms with Crippen molar-refractivity contribution in [3.8, 4) is 0 Å². The number of aromatic nitrogens is 4. The van der Waals surface area contributed by atoms with Crippen molar-refractivity contribution in [1.82, 2.24) is 25.1 Å². The number of hydrogen-bond donors (Lipinski definition) is 2. The normalized spacial score (nSPS) is 13.1. The third-order valence-corrected chi connectivity index (χ3v) is 4.18. The summed E-state index contributed by atoms with van der Waals surface area (Å²) in [6, 6.07) is -0.0513. The Hall–Kier alpha value is -1.80. The largest absolute Gasteiger partial charge is 0.301 e. The third-order valence-electron chi connectivity index (χ3n) is 3.42. The molecule has 2 rings (SSSR count). The highest BCUT2D eigenvalue weighted by molar-refractivity contribution is 7.13. The van der Waals surface area contributed by atoms with Crippen LogP contribution in [-0.2, 0) is 16.8 Å². The number of thiazole rings is 1. The van der Waals surface area contributed by atoms with E-state index in [1.807, 2.05) is 23.9 Å². The van der Waals surface area contributed by atoms with Crippen LogP contribution in [0.15, 0.2) is 11.7 Å². The Morgan fingerprint density at radius 1 is 1.43 bits per heavy atom. The maximum Gasteiger partial charge on any atom is 0.240 e. The summed E-state index contributed by atoms with van der Waals surface area (Å²) in [5.74, 6) is 0.707. The summed E-state index contributed by atoms with van der Waals surface area (Å²) in [6.45, 7) is 11.2. The van der Waals surface area contributed by atoms with Gasteiger partial charge in [-0.3, -0.25) is 10.1 Å². The Morgan fingerprint density at radius 2 is 2.17 bits per heavy atom. The molecule has 0 aliphatic carbocycles. The zero-order valence-electron chi connectivity index (χ0n) is 14.3. The molecule has 1 unspecified atom stereocenters. The van der Waals surface area contributed by atoms with E-state index in [-0.39, 0.29) is 23.9 Å². The fraction of sp³-hybridized carbons (Fsp3) is 0.600. The molecule has 0 radical (unpaired) electrons. The van der Waals surface area contributed by atoms with Crippen molar-refractivity contribution in [3.05, 3.63) is 23.2 Å². The summed E-state index contributed by atoms with van der Waals surface area (Å²) >= 11 is 1.45. The second-order valence-electron chi connectivity index (χ2n) is 6.37. The molecule has 0 saturated carbocycles. The first-order chi connectivity index (χ1) is 10.8. The number of nitrogens with zero attached hydrogens (tertiary/aromatic N) is 4. The van der Waals surface area contributed by atoms with Crippen LogP contribution in [-0.4, -0.2) is 32.2 Å². The van der Waals surface area contributed by atoms with Crippen molar-refractivity contribution >= 4 is 22.4 Å². The molecule has 0 aliphatic heterocycles. The fourth-order valence-electron chi connectivity index (χ4n) is 2.03. The standard InChI is InChI=1S/C15H24N6OS/c1-6-21-13(17-9-18-21)10(2)16-7-12(22)20-14-19-11(8-23-14)15(3,4)5/h8-10,16H,6-7H2,1-5H3,(H,19,20,22). The van der Waals surface area contributed by atoms with Crippen LogP contribution in [0.4, 0.5) is 5.13 Å². The monoisotopic (exact) mass is 336 g/mol. The van der Waals surface area contributed by atoms with Crippen molar-refractivity contribution in [3.63, 3.8) is 0 Å². The molecule has 2 aromatic heterocycles. The van der Waals surface area contributed by atoms with Crippen LogP contribution in [0.3, 0.4) is 0 Å². The second kappa shape index (κ2) is 7.18. The molecule has 0 aromatic carbocycles. The lowest BCUT2D eigenvalue weighted by Crippen LogP contribution is -2.31. The number of rotatable bonds is 6. The average molecular weight is 336 g/mol. The third kappa shape index (κ3) is 4.59. The molecule has 1 atom stereocenters. The molecule has 0 saturated heterocycles. The molecule has 23 heavy (non-hydrogen) atoms. The maximum absolute atomic E-state index is 12.1. The van der Waals surface area contributed by atoms with Crippen molar-refractivity contribution in [1.29, 1.82) is 0 Å². The van der Waals surface area contributed by atoms with Gasteiger partial charge in [0.05, 0.1) is 18.3 Å². The van der Waals surface area contributed by atoms with Gasteiger partial charge in [0.15, 0.2) is 5.13 Å². The number of amides is 1. The first-order valence-corrected chi connectivity index (χ1v) is 8.56. The van der Waals surface area contributed by atoms with E-state index in [1.54, 1.807) is 0 Å². The zero-order valence-corrected chi connectivity index (χ0v) is 15.1. The predicted molar refractivity (Wildman–Crippen MR) is 91.6 cm³/mol. The molecule has 2 N–H and O–H groups in total. The summed E-state index contributed by atoms with van der Waals surface area (Å²) < 4.78 is 1.81. The number of nitrogens with one attached hydrogen (secondary N) is 2. The highest BCUT2D eigenvalue weighted by atomic mass is 32.1. The minimum absolute atomic E-state index is 0.0174. The van der Waals surface area contributed by atoms with Gasteiger partial charge in [0.25, 0.3) is 0 Å². The van der Waals surface area contributed by atoms with Crippen molar-refractivity contribution < 1.29 is 4.79 Å². The van der Waals surface area contributed by atoms with E-state index < -0.39 is 0 Å². The number of carbonyl (C=O) groups is 1. The predicted octanol–water partition coefficient (Wildman–Crippen LogP) is 2.34. The topological polar surface area (TPSA) is 84.7 Å². The van der Waals surface area contributed by atoms with Gasteiger partial charge in [0.2, 0.25) is 5.91 Å². The Balaban J connectivity index is 1.87. The molecule has 0 fully saturated rings. The van der Waals surface area contributed by atoms with Gasteiger partial charge in [-0.05, 0) is 13.8 Å². The molecule has 2 aromatic rings. The first-order valence-electron chi connectivity index (χ1n) is 7.68. The number of hydrogen-bond acceptors (Lipinski definition) is 6. The van der Waals surface area contributed by atoms with Crippen LogP contribution < -0.4 is 10.6 Å². The number of aryl methyl sites for hydroxylation is 1. The summed E-state index contributed by atoms with van der Waals surface area (Å²) in [5.41, 5.74) is 0.964. The van der Waals surface area contributed by atoms with E-state index in [4.69, 9.17) is 0 Å². The Labute approximate surface area is 140 Å². The minimum atomic E-state index is -0.116. The lowest BCUT2D eigenvalue weighted by atomic mass is 9.93. The van der Waals surface area contributed by atoms with Gasteiger partial charge in [-0.15, -0.1) is 11.3 Å². The minimum Gasteiger partial charge on any atom is -0.301 e. The molecular formula is C15H24N6OS. The first kappa shape index (κ1) is 17.6. The van der Waals surface area contributed by atoms with E-state index in [1.165, 1.54) is 17.7 Å². The molecule has 8 heteroatoms. The van der Waals surface area contributed by atoms with Gasteiger partial charge in [0.1, 0.15) is 12.2 Å². The van der Waals surface area contributed by atoms with E-state index in [9.17, 15) is 4.79 Å². The summed E-state index contributed by atoms with van der Waals surface area (Å²) in [7, 11) is 0. The Morgan fingerprint density at radius 3 is 2.78 bits per heavy atom. The van der Waals surface area contributed by atoms with Gasteiger partial charge < -0.3 is 5.32 Å². The Kier molecular flexibility index (Phi) is 5.48. The maximum atomic E-state index is 12.1. The van der Waals surface area contributed by atoms with Crippen LogP contribution in [0.2, 0.25) is 0 Å². The lowest BCUT2D eigenvalue weighted by molar-refractivity contribution is -0.115. The van der Waals surface area contributed by atoms with Gasteiger partial charge in [-0.1, -0.05) is 20.8 Å². The SMILES string of the molecule is CCn1ncnc1C(C)NCC(=O)Nc1nc(C(C)(C)C)cs1. The van der Waals surface area contributed by atoms with Crippen LogP contribution in [0, 0.1) is 0 Å². The molecule has 1 amide bonds. The van der Waals surface area contributed by atoms with Crippen LogP contribution in [0.5, 0.6) is 0 Å². The van der Waals surface area contributed by atoms with E-state index in [0.29, 0.717) is 5.13 Å². The summed E-state index contributed by atoms with van der Waals surface area (Å²) in [5, 5.41) is 12.7. The zero-order chi connectivity index (χ0) is 17.0. The molecule has 0 bridgehead atoms. The quantitative estimate of drug-likeness (QED) is 0.846. The summed E-state index contributed by atoms with van der Waals surface area (Å²) in [4.78, 5) is 20.7.